The van der Waals surface area contributed by atoms with Gasteiger partial charge in [0.2, 0.25) is 0 Å². The molecule has 1 amide bonds. The molecule has 1 saturated heterocycles. The van der Waals surface area contributed by atoms with Crippen LogP contribution >= 0.6 is 11.8 Å². The molecule has 0 atom stereocenters. The van der Waals surface area contributed by atoms with Gasteiger partial charge in [0.15, 0.2) is 21.5 Å². The van der Waals surface area contributed by atoms with Crippen LogP contribution in [0.5, 0.6) is 5.75 Å². The number of halogens is 5. The molecular formula is C31H29F5N2O7S2. The van der Waals surface area contributed by atoms with Crippen molar-refractivity contribution in [2.45, 2.75) is 17.7 Å². The average Bonchev–Trinajstić information content (AvgIpc) is 3.03. The van der Waals surface area contributed by atoms with E-state index in [0.717, 1.165) is 17.0 Å². The maximum atomic E-state index is 13.9. The van der Waals surface area contributed by atoms with Crippen molar-refractivity contribution in [2.24, 2.45) is 0 Å². The van der Waals surface area contributed by atoms with Crippen LogP contribution in [-0.4, -0.2) is 92.7 Å². The first-order valence-electron chi connectivity index (χ1n) is 14.0. The Hall–Kier alpha value is -4.02. The number of ether oxygens (including phenoxy) is 2. The van der Waals surface area contributed by atoms with Gasteiger partial charge in [0.05, 0.1) is 11.5 Å². The van der Waals surface area contributed by atoms with E-state index in [0.29, 0.717) is 27.3 Å². The smallest absolute Gasteiger partial charge is 0.489 e. The van der Waals surface area contributed by atoms with Crippen LogP contribution in [-0.2, 0) is 30.8 Å². The third kappa shape index (κ3) is 9.98. The lowest BCUT2D eigenvalue weighted by Gasteiger charge is -2.29. The van der Waals surface area contributed by atoms with Gasteiger partial charge in [0, 0.05) is 36.6 Å². The molecule has 47 heavy (non-hydrogen) atoms. The number of esters is 2. The Morgan fingerprint density at radius 1 is 0.957 bits per heavy atom. The second kappa shape index (κ2) is 15.3. The van der Waals surface area contributed by atoms with E-state index in [4.69, 9.17) is 4.74 Å². The first kappa shape index (κ1) is 35.8. The highest BCUT2D eigenvalue weighted by atomic mass is 32.2. The van der Waals surface area contributed by atoms with E-state index in [2.05, 4.69) is 4.74 Å². The van der Waals surface area contributed by atoms with Crippen molar-refractivity contribution in [3.8, 4) is 16.9 Å². The summed E-state index contributed by atoms with van der Waals surface area (Å²) in [6.07, 6.45) is -3.66. The van der Waals surface area contributed by atoms with Crippen LogP contribution in [0.2, 0.25) is 0 Å². The zero-order valence-corrected chi connectivity index (χ0v) is 26.5. The highest BCUT2D eigenvalue weighted by molar-refractivity contribution is 7.98. The van der Waals surface area contributed by atoms with Gasteiger partial charge in [0.1, 0.15) is 18.9 Å². The van der Waals surface area contributed by atoms with E-state index in [1.165, 1.54) is 23.9 Å². The Balaban J connectivity index is 1.44. The molecule has 0 spiro atoms. The number of rotatable bonds is 11. The number of carbonyl (C=O) groups excluding carboxylic acids is 3. The van der Waals surface area contributed by atoms with E-state index in [1.54, 1.807) is 47.6 Å². The lowest BCUT2D eigenvalue weighted by Crippen LogP contribution is -2.46. The van der Waals surface area contributed by atoms with Crippen molar-refractivity contribution in [2.75, 3.05) is 50.5 Å². The Bertz CT molecular complexity index is 1720. The molecule has 0 saturated carbocycles. The number of carbonyl (C=O) groups is 3. The van der Waals surface area contributed by atoms with Crippen LogP contribution < -0.4 is 4.74 Å². The molecule has 0 aliphatic carbocycles. The van der Waals surface area contributed by atoms with E-state index >= 15 is 0 Å². The second-order valence-corrected chi connectivity index (χ2v) is 13.6. The first-order chi connectivity index (χ1) is 22.1. The fraction of sp³-hybridized carbons (Fsp3) is 0.323. The van der Waals surface area contributed by atoms with Crippen molar-refractivity contribution < 1.29 is 54.2 Å². The summed E-state index contributed by atoms with van der Waals surface area (Å²) in [4.78, 5) is 40.0. The van der Waals surface area contributed by atoms with E-state index in [1.807, 2.05) is 0 Å². The minimum Gasteiger partial charge on any atom is -0.489 e. The van der Waals surface area contributed by atoms with Gasteiger partial charge in [-0.05, 0) is 59.3 Å². The molecule has 1 heterocycles. The zero-order chi connectivity index (χ0) is 34.4. The van der Waals surface area contributed by atoms with Crippen molar-refractivity contribution in [1.82, 2.24) is 9.80 Å². The van der Waals surface area contributed by atoms with Gasteiger partial charge in [-0.15, -0.1) is 11.8 Å². The molecule has 0 aromatic heterocycles. The summed E-state index contributed by atoms with van der Waals surface area (Å²) in [6, 6.07) is 15.0. The van der Waals surface area contributed by atoms with Gasteiger partial charge in [-0.2, -0.15) is 13.2 Å². The van der Waals surface area contributed by atoms with Crippen LogP contribution in [0.25, 0.3) is 11.1 Å². The quantitative estimate of drug-likeness (QED) is 0.121. The maximum absolute atomic E-state index is 13.9. The molecule has 1 aliphatic heterocycles. The summed E-state index contributed by atoms with van der Waals surface area (Å²) in [5.41, 5.74) is 1.74. The SMILES string of the molecule is CSc1cc(F)c(F)cc1-c1ccc(OCc2cccc(C(=O)N(CCN3CCS(=O)(=O)CC3)CC(=O)OC(=O)C(F)(F)F)c2)cc1. The van der Waals surface area contributed by atoms with Crippen LogP contribution in [0.3, 0.4) is 0 Å². The number of hydrogen-bond donors (Lipinski definition) is 0. The number of benzene rings is 3. The number of hydrogen-bond acceptors (Lipinski definition) is 9. The van der Waals surface area contributed by atoms with Gasteiger partial charge in [-0.3, -0.25) is 9.69 Å². The molecule has 0 bridgehead atoms. The lowest BCUT2D eigenvalue weighted by molar-refractivity contribution is -0.202. The normalized spacial score (nSPS) is 14.8. The number of amides is 1. The monoisotopic (exact) mass is 700 g/mol. The van der Waals surface area contributed by atoms with Crippen LogP contribution in [0.15, 0.2) is 65.6 Å². The van der Waals surface area contributed by atoms with Gasteiger partial charge in [-0.25, -0.2) is 26.8 Å². The van der Waals surface area contributed by atoms with Crippen molar-refractivity contribution in [3.63, 3.8) is 0 Å². The van der Waals surface area contributed by atoms with Gasteiger partial charge < -0.3 is 14.4 Å². The maximum Gasteiger partial charge on any atom is 0.491 e. The summed E-state index contributed by atoms with van der Waals surface area (Å²) < 4.78 is 98.6. The van der Waals surface area contributed by atoms with E-state index in [-0.39, 0.29) is 49.9 Å². The van der Waals surface area contributed by atoms with Crippen molar-refractivity contribution in [1.29, 1.82) is 0 Å². The highest BCUT2D eigenvalue weighted by Gasteiger charge is 2.42. The topological polar surface area (TPSA) is 110 Å². The van der Waals surface area contributed by atoms with Gasteiger partial charge in [-0.1, -0.05) is 24.3 Å². The standard InChI is InChI=1S/C31H29F5N2O7S2/c1-46-27-17-26(33)25(32)16-24(27)21-5-7-23(8-6-21)44-19-20-3-2-4-22(15-20)29(40)38(18-28(39)45-30(41)31(34,35)36)10-9-37-11-13-47(42,43)14-12-37/h2-8,15-17H,9-14,18-19H2,1H3. The summed E-state index contributed by atoms with van der Waals surface area (Å²) in [5, 5.41) is 0. The summed E-state index contributed by atoms with van der Waals surface area (Å²) in [6.45, 7) is -0.674. The molecular weight excluding hydrogens is 671 g/mol. The number of sulfone groups is 1. The largest absolute Gasteiger partial charge is 0.491 e. The Kier molecular flexibility index (Phi) is 11.6. The van der Waals surface area contributed by atoms with Gasteiger partial charge >= 0.3 is 18.1 Å². The predicted molar refractivity (Wildman–Crippen MR) is 163 cm³/mol. The van der Waals surface area contributed by atoms with E-state index < -0.39 is 52.0 Å². The molecule has 0 N–H and O–H groups in total. The summed E-state index contributed by atoms with van der Waals surface area (Å²) in [5.74, 6) is -6.72. The third-order valence-corrected chi connectivity index (χ3v) is 9.54. The molecule has 1 fully saturated rings. The molecule has 0 radical (unpaired) electrons. The minimum atomic E-state index is -5.41. The molecule has 4 rings (SSSR count). The number of nitrogens with zero attached hydrogens (tertiary/aromatic N) is 2. The third-order valence-electron chi connectivity index (χ3n) is 7.16. The molecule has 3 aromatic rings. The lowest BCUT2D eigenvalue weighted by atomic mass is 10.1. The summed E-state index contributed by atoms with van der Waals surface area (Å²) in [7, 11) is -3.19. The molecule has 3 aromatic carbocycles. The zero-order valence-electron chi connectivity index (χ0n) is 24.9. The van der Waals surface area contributed by atoms with Crippen LogP contribution in [0.4, 0.5) is 22.0 Å². The summed E-state index contributed by atoms with van der Waals surface area (Å²) >= 11 is 1.27. The molecule has 16 heteroatoms. The highest BCUT2D eigenvalue weighted by Crippen LogP contribution is 2.33. The fourth-order valence-electron chi connectivity index (χ4n) is 4.63. The average molecular weight is 701 g/mol. The predicted octanol–water partition coefficient (Wildman–Crippen LogP) is 4.74. The van der Waals surface area contributed by atoms with E-state index in [9.17, 15) is 44.8 Å². The minimum absolute atomic E-state index is 0.00785. The Morgan fingerprint density at radius 2 is 1.62 bits per heavy atom. The molecule has 1 aliphatic rings. The number of alkyl halides is 3. The Morgan fingerprint density at radius 3 is 2.26 bits per heavy atom. The molecule has 0 unspecified atom stereocenters. The fourth-order valence-corrected chi connectivity index (χ4v) is 6.53. The second-order valence-electron chi connectivity index (χ2n) is 10.5. The molecule has 9 nitrogen and oxygen atoms in total. The van der Waals surface area contributed by atoms with Gasteiger partial charge in [0.25, 0.3) is 5.91 Å². The van der Waals surface area contributed by atoms with Crippen molar-refractivity contribution in [3.05, 3.63) is 83.4 Å². The Labute approximate surface area is 271 Å². The van der Waals surface area contributed by atoms with Crippen molar-refractivity contribution >= 4 is 39.4 Å². The first-order valence-corrected chi connectivity index (χ1v) is 17.1. The van der Waals surface area contributed by atoms with Crippen LogP contribution in [0.1, 0.15) is 15.9 Å². The molecule has 252 valence electrons. The number of thioether (sulfide) groups is 1. The van der Waals surface area contributed by atoms with Crippen LogP contribution in [0, 0.1) is 11.6 Å².